The van der Waals surface area contributed by atoms with Crippen LogP contribution < -0.4 is 9.47 Å². The largest absolute Gasteiger partial charge is 0.493 e. The van der Waals surface area contributed by atoms with E-state index in [4.69, 9.17) is 9.47 Å². The molecule has 3 aliphatic rings. The third-order valence-corrected chi connectivity index (χ3v) is 5.92. The van der Waals surface area contributed by atoms with Crippen molar-refractivity contribution in [2.45, 2.75) is 44.7 Å². The number of nitrogens with zero attached hydrogens (tertiary/aromatic N) is 1. The molecule has 0 N–H and O–H groups in total. The standard InChI is InChI=1S/C18H25NO2/c1-20-17-9-13-5-6-19(11-15(13)10-18(17)21-2)16-8-12-3-4-14(16)7-12/h9-10,12,14,16H,3-8,11H2,1-2H3. The Balaban J connectivity index is 1.57. The maximum absolute atomic E-state index is 5.47. The second kappa shape index (κ2) is 5.20. The van der Waals surface area contributed by atoms with Crippen LogP contribution in [0.3, 0.4) is 0 Å². The predicted octanol–water partition coefficient (Wildman–Crippen LogP) is 3.25. The molecule has 1 aromatic rings. The highest BCUT2D eigenvalue weighted by Crippen LogP contribution is 2.47. The van der Waals surface area contributed by atoms with E-state index in [2.05, 4.69) is 17.0 Å². The summed E-state index contributed by atoms with van der Waals surface area (Å²) in [7, 11) is 3.44. The first-order valence-electron chi connectivity index (χ1n) is 8.26. The number of fused-ring (bicyclic) bond motifs is 3. The Kier molecular flexibility index (Phi) is 3.33. The number of rotatable bonds is 3. The molecule has 4 rings (SSSR count). The van der Waals surface area contributed by atoms with Gasteiger partial charge in [0, 0.05) is 19.1 Å². The number of methoxy groups -OCH3 is 2. The first-order chi connectivity index (χ1) is 10.3. The fraction of sp³-hybridized carbons (Fsp3) is 0.667. The highest BCUT2D eigenvalue weighted by Gasteiger charge is 2.42. The zero-order valence-corrected chi connectivity index (χ0v) is 13.1. The second-order valence-electron chi connectivity index (χ2n) is 6.94. The minimum absolute atomic E-state index is 0.838. The van der Waals surface area contributed by atoms with Crippen LogP contribution in [0.1, 0.15) is 36.8 Å². The van der Waals surface area contributed by atoms with E-state index in [1.807, 2.05) is 0 Å². The fourth-order valence-electron chi connectivity index (χ4n) is 4.85. The van der Waals surface area contributed by atoms with Gasteiger partial charge >= 0.3 is 0 Å². The average molecular weight is 287 g/mol. The number of hydrogen-bond donors (Lipinski definition) is 0. The Bertz CT molecular complexity index is 542. The monoisotopic (exact) mass is 287 g/mol. The second-order valence-corrected chi connectivity index (χ2v) is 6.94. The first-order valence-corrected chi connectivity index (χ1v) is 8.26. The summed E-state index contributed by atoms with van der Waals surface area (Å²) in [6, 6.07) is 5.20. The summed E-state index contributed by atoms with van der Waals surface area (Å²) < 4.78 is 10.9. The normalized spacial score (nSPS) is 31.2. The van der Waals surface area contributed by atoms with Crippen LogP contribution in [-0.2, 0) is 13.0 Å². The molecule has 1 aromatic carbocycles. The van der Waals surface area contributed by atoms with Crippen LogP contribution in [0.5, 0.6) is 11.5 Å². The quantitative estimate of drug-likeness (QED) is 0.852. The van der Waals surface area contributed by atoms with Crippen LogP contribution >= 0.6 is 0 Å². The lowest BCUT2D eigenvalue weighted by Crippen LogP contribution is -2.42. The van der Waals surface area contributed by atoms with Crippen LogP contribution in [0, 0.1) is 11.8 Å². The van der Waals surface area contributed by atoms with Crippen molar-refractivity contribution >= 4 is 0 Å². The zero-order chi connectivity index (χ0) is 14.4. The molecule has 0 spiro atoms. The Morgan fingerprint density at radius 1 is 1.00 bits per heavy atom. The molecular formula is C18H25NO2. The lowest BCUT2D eigenvalue weighted by molar-refractivity contribution is 0.128. The van der Waals surface area contributed by atoms with E-state index in [0.29, 0.717) is 0 Å². The molecule has 21 heavy (non-hydrogen) atoms. The van der Waals surface area contributed by atoms with E-state index in [1.54, 1.807) is 14.2 Å². The van der Waals surface area contributed by atoms with E-state index in [1.165, 1.54) is 43.4 Å². The zero-order valence-electron chi connectivity index (χ0n) is 13.1. The third-order valence-electron chi connectivity index (χ3n) is 5.92. The van der Waals surface area contributed by atoms with E-state index < -0.39 is 0 Å². The summed E-state index contributed by atoms with van der Waals surface area (Å²) in [6.07, 6.45) is 7.01. The minimum atomic E-state index is 0.838. The van der Waals surface area contributed by atoms with E-state index >= 15 is 0 Å². The SMILES string of the molecule is COc1cc2c(cc1OC)CN(C1CC3CCC1C3)CC2. The van der Waals surface area contributed by atoms with Crippen LogP contribution in [0.2, 0.25) is 0 Å². The topological polar surface area (TPSA) is 21.7 Å². The molecule has 3 unspecified atom stereocenters. The Morgan fingerprint density at radius 2 is 1.76 bits per heavy atom. The Morgan fingerprint density at radius 3 is 2.38 bits per heavy atom. The van der Waals surface area contributed by atoms with Gasteiger partial charge in [-0.1, -0.05) is 6.42 Å². The molecule has 3 atom stereocenters. The van der Waals surface area contributed by atoms with Gasteiger partial charge in [0.1, 0.15) is 0 Å². The molecule has 2 fully saturated rings. The maximum Gasteiger partial charge on any atom is 0.161 e. The van der Waals surface area contributed by atoms with Crippen molar-refractivity contribution in [3.05, 3.63) is 23.3 Å². The van der Waals surface area contributed by atoms with Gasteiger partial charge in [-0.25, -0.2) is 0 Å². The molecule has 2 saturated carbocycles. The lowest BCUT2D eigenvalue weighted by atomic mass is 9.90. The molecule has 1 heterocycles. The molecular weight excluding hydrogens is 262 g/mol. The third kappa shape index (κ3) is 2.22. The molecule has 2 bridgehead atoms. The summed E-state index contributed by atoms with van der Waals surface area (Å²) in [5, 5.41) is 0. The maximum atomic E-state index is 5.47. The molecule has 3 heteroatoms. The molecule has 0 amide bonds. The molecule has 0 aromatic heterocycles. The average Bonchev–Trinajstić information content (AvgIpc) is 3.16. The van der Waals surface area contributed by atoms with E-state index in [0.717, 1.165) is 42.3 Å². The van der Waals surface area contributed by atoms with Gasteiger partial charge in [-0.3, -0.25) is 4.90 Å². The fourth-order valence-corrected chi connectivity index (χ4v) is 4.85. The van der Waals surface area contributed by atoms with Crippen molar-refractivity contribution in [2.24, 2.45) is 11.8 Å². The van der Waals surface area contributed by atoms with Crippen molar-refractivity contribution in [3.8, 4) is 11.5 Å². The van der Waals surface area contributed by atoms with Gasteiger partial charge in [0.15, 0.2) is 11.5 Å². The van der Waals surface area contributed by atoms with Crippen LogP contribution in [-0.4, -0.2) is 31.7 Å². The van der Waals surface area contributed by atoms with Crippen molar-refractivity contribution in [2.75, 3.05) is 20.8 Å². The van der Waals surface area contributed by atoms with Crippen molar-refractivity contribution in [1.29, 1.82) is 0 Å². The summed E-state index contributed by atoms with van der Waals surface area (Å²) in [5.74, 6) is 3.72. The van der Waals surface area contributed by atoms with Crippen LogP contribution in [0.15, 0.2) is 12.1 Å². The van der Waals surface area contributed by atoms with Gasteiger partial charge in [-0.2, -0.15) is 0 Å². The highest BCUT2D eigenvalue weighted by molar-refractivity contribution is 5.48. The highest BCUT2D eigenvalue weighted by atomic mass is 16.5. The van der Waals surface area contributed by atoms with Crippen molar-refractivity contribution < 1.29 is 9.47 Å². The van der Waals surface area contributed by atoms with E-state index in [9.17, 15) is 0 Å². The van der Waals surface area contributed by atoms with Gasteiger partial charge in [0.05, 0.1) is 14.2 Å². The molecule has 0 saturated heterocycles. The molecule has 114 valence electrons. The Hall–Kier alpha value is -1.22. The van der Waals surface area contributed by atoms with Gasteiger partial charge in [0.25, 0.3) is 0 Å². The summed E-state index contributed by atoms with van der Waals surface area (Å²) in [5.41, 5.74) is 2.87. The molecule has 3 nitrogen and oxygen atoms in total. The predicted molar refractivity (Wildman–Crippen MR) is 82.9 cm³/mol. The van der Waals surface area contributed by atoms with E-state index in [-0.39, 0.29) is 0 Å². The van der Waals surface area contributed by atoms with Crippen molar-refractivity contribution in [1.82, 2.24) is 4.90 Å². The summed E-state index contributed by atoms with van der Waals surface area (Å²) in [4.78, 5) is 2.73. The number of ether oxygens (including phenoxy) is 2. The summed E-state index contributed by atoms with van der Waals surface area (Å²) >= 11 is 0. The number of benzene rings is 1. The first kappa shape index (κ1) is 13.4. The van der Waals surface area contributed by atoms with Gasteiger partial charge in [-0.05, 0) is 60.8 Å². The van der Waals surface area contributed by atoms with Gasteiger partial charge < -0.3 is 9.47 Å². The van der Waals surface area contributed by atoms with Crippen molar-refractivity contribution in [3.63, 3.8) is 0 Å². The molecule has 0 radical (unpaired) electrons. The lowest BCUT2D eigenvalue weighted by Gasteiger charge is -2.38. The van der Waals surface area contributed by atoms with Gasteiger partial charge in [0.2, 0.25) is 0 Å². The van der Waals surface area contributed by atoms with Crippen LogP contribution in [0.4, 0.5) is 0 Å². The molecule has 2 aliphatic carbocycles. The number of hydrogen-bond acceptors (Lipinski definition) is 3. The summed E-state index contributed by atoms with van der Waals surface area (Å²) in [6.45, 7) is 2.29. The van der Waals surface area contributed by atoms with Gasteiger partial charge in [-0.15, -0.1) is 0 Å². The smallest absolute Gasteiger partial charge is 0.161 e. The Labute approximate surface area is 127 Å². The van der Waals surface area contributed by atoms with Crippen LogP contribution in [0.25, 0.3) is 0 Å². The molecule has 1 aliphatic heterocycles. The minimum Gasteiger partial charge on any atom is -0.493 e.